The monoisotopic (exact) mass is 348 g/mol. The van der Waals surface area contributed by atoms with Crippen molar-refractivity contribution in [1.29, 1.82) is 0 Å². The minimum Gasteiger partial charge on any atom is -0.325 e. The minimum atomic E-state index is -4.48. The van der Waals surface area contributed by atoms with Crippen molar-refractivity contribution in [2.24, 2.45) is 0 Å². The molecule has 0 saturated heterocycles. The summed E-state index contributed by atoms with van der Waals surface area (Å²) in [6.07, 6.45) is -3.81. The van der Waals surface area contributed by atoms with Crippen LogP contribution in [0.2, 0.25) is 0 Å². The van der Waals surface area contributed by atoms with Crippen molar-refractivity contribution in [2.45, 2.75) is 11.2 Å². The molecule has 0 saturated carbocycles. The number of rotatable bonds is 4. The third kappa shape index (κ3) is 5.20. The smallest absolute Gasteiger partial charge is 0.325 e. The Hall–Kier alpha value is -2.16. The molecule has 2 aromatic rings. The van der Waals surface area contributed by atoms with Gasteiger partial charge in [-0.15, -0.1) is 0 Å². The molecule has 1 heterocycles. The molecule has 0 bridgehead atoms. The fraction of sp³-hybridized carbons (Fsp3) is 0.143. The molecule has 0 atom stereocenters. The summed E-state index contributed by atoms with van der Waals surface area (Å²) in [6.45, 7) is 0. The van der Waals surface area contributed by atoms with Gasteiger partial charge in [0.15, 0.2) is 0 Å². The molecule has 9 heteroatoms. The number of thioether (sulfide) groups is 1. The number of halogens is 5. The molecule has 1 aromatic heterocycles. The molecule has 0 unspecified atom stereocenters. The predicted molar refractivity (Wildman–Crippen MR) is 75.0 cm³/mol. The van der Waals surface area contributed by atoms with Crippen molar-refractivity contribution in [3.63, 3.8) is 0 Å². The number of alkyl halides is 3. The molecule has 0 aliphatic rings. The number of pyridine rings is 1. The van der Waals surface area contributed by atoms with E-state index in [2.05, 4.69) is 10.3 Å². The van der Waals surface area contributed by atoms with Gasteiger partial charge in [-0.05, 0) is 24.3 Å². The molecule has 0 aliphatic carbocycles. The highest BCUT2D eigenvalue weighted by molar-refractivity contribution is 7.99. The zero-order chi connectivity index (χ0) is 17.0. The Bertz CT molecular complexity index is 683. The van der Waals surface area contributed by atoms with E-state index in [1.54, 1.807) is 0 Å². The van der Waals surface area contributed by atoms with Gasteiger partial charge in [0.25, 0.3) is 0 Å². The Morgan fingerprint density at radius 1 is 1.13 bits per heavy atom. The first-order valence-corrected chi connectivity index (χ1v) is 7.14. The molecular weight excluding hydrogens is 339 g/mol. The van der Waals surface area contributed by atoms with Crippen molar-refractivity contribution in [2.75, 3.05) is 11.1 Å². The lowest BCUT2D eigenvalue weighted by molar-refractivity contribution is -0.137. The van der Waals surface area contributed by atoms with Crippen LogP contribution in [0.1, 0.15) is 5.56 Å². The highest BCUT2D eigenvalue weighted by atomic mass is 32.2. The summed E-state index contributed by atoms with van der Waals surface area (Å²) in [4.78, 5) is 15.2. The summed E-state index contributed by atoms with van der Waals surface area (Å²) in [6, 6.07) is 4.55. The lowest BCUT2D eigenvalue weighted by atomic mass is 10.3. The molecular formula is C14H9F5N2OS. The van der Waals surface area contributed by atoms with Crippen LogP contribution in [0.3, 0.4) is 0 Å². The molecule has 122 valence electrons. The third-order valence-corrected chi connectivity index (χ3v) is 3.50. The first kappa shape index (κ1) is 17.2. The van der Waals surface area contributed by atoms with Gasteiger partial charge in [0.1, 0.15) is 11.6 Å². The number of nitrogens with zero attached hydrogens (tertiary/aromatic N) is 1. The summed E-state index contributed by atoms with van der Waals surface area (Å²) in [5.74, 6) is -2.41. The quantitative estimate of drug-likeness (QED) is 0.668. The number of hydrogen-bond donors (Lipinski definition) is 1. The van der Waals surface area contributed by atoms with Crippen LogP contribution >= 0.6 is 11.8 Å². The van der Waals surface area contributed by atoms with Crippen molar-refractivity contribution < 1.29 is 26.7 Å². The fourth-order valence-corrected chi connectivity index (χ4v) is 2.24. The Balaban J connectivity index is 1.91. The lowest BCUT2D eigenvalue weighted by Gasteiger charge is -2.07. The molecule has 1 N–H and O–H groups in total. The number of carbonyl (C=O) groups is 1. The first-order valence-electron chi connectivity index (χ1n) is 6.16. The van der Waals surface area contributed by atoms with E-state index in [9.17, 15) is 26.7 Å². The Morgan fingerprint density at radius 2 is 1.78 bits per heavy atom. The molecule has 0 radical (unpaired) electrons. The van der Waals surface area contributed by atoms with Crippen LogP contribution in [0.5, 0.6) is 0 Å². The van der Waals surface area contributed by atoms with E-state index in [0.717, 1.165) is 36.0 Å². The van der Waals surface area contributed by atoms with Gasteiger partial charge >= 0.3 is 6.18 Å². The first-order chi connectivity index (χ1) is 10.7. The van der Waals surface area contributed by atoms with Gasteiger partial charge in [0.2, 0.25) is 5.91 Å². The van der Waals surface area contributed by atoms with E-state index >= 15 is 0 Å². The van der Waals surface area contributed by atoms with Crippen LogP contribution < -0.4 is 5.32 Å². The maximum Gasteiger partial charge on any atom is 0.417 e. The average Bonchev–Trinajstić information content (AvgIpc) is 2.43. The second-order valence-electron chi connectivity index (χ2n) is 4.38. The number of amides is 1. The number of carbonyl (C=O) groups excluding carboxylic acids is 1. The van der Waals surface area contributed by atoms with E-state index < -0.39 is 29.3 Å². The SMILES string of the molecule is O=C(CSc1ccc(C(F)(F)F)cn1)Nc1cc(F)cc(F)c1. The van der Waals surface area contributed by atoms with Crippen molar-refractivity contribution >= 4 is 23.4 Å². The molecule has 2 rings (SSSR count). The number of hydrogen-bond acceptors (Lipinski definition) is 3. The fourth-order valence-electron chi connectivity index (χ4n) is 1.60. The molecule has 23 heavy (non-hydrogen) atoms. The van der Waals surface area contributed by atoms with E-state index in [1.165, 1.54) is 0 Å². The molecule has 0 fully saturated rings. The van der Waals surface area contributed by atoms with E-state index in [1.807, 2.05) is 0 Å². The predicted octanol–water partition coefficient (Wildman–Crippen LogP) is 4.11. The van der Waals surface area contributed by atoms with Gasteiger partial charge in [0.05, 0.1) is 16.3 Å². The van der Waals surface area contributed by atoms with Crippen molar-refractivity contribution in [3.05, 3.63) is 53.7 Å². The molecule has 1 aromatic carbocycles. The van der Waals surface area contributed by atoms with Gasteiger partial charge in [-0.3, -0.25) is 4.79 Å². The van der Waals surface area contributed by atoms with Crippen LogP contribution in [-0.4, -0.2) is 16.6 Å². The van der Waals surface area contributed by atoms with E-state index in [0.29, 0.717) is 12.3 Å². The average molecular weight is 348 g/mol. The highest BCUT2D eigenvalue weighted by Crippen LogP contribution is 2.29. The summed E-state index contributed by atoms with van der Waals surface area (Å²) in [7, 11) is 0. The number of nitrogens with one attached hydrogen (secondary N) is 1. The number of benzene rings is 1. The molecule has 0 spiro atoms. The summed E-state index contributed by atoms with van der Waals surface area (Å²) in [5, 5.41) is 2.50. The molecule has 0 aliphatic heterocycles. The van der Waals surface area contributed by atoms with Crippen LogP contribution in [0.15, 0.2) is 41.6 Å². The second kappa shape index (κ2) is 6.95. The third-order valence-electron chi connectivity index (χ3n) is 2.56. The Kier molecular flexibility index (Phi) is 5.19. The summed E-state index contributed by atoms with van der Waals surface area (Å²) in [5.41, 5.74) is -0.935. The van der Waals surface area contributed by atoms with E-state index in [4.69, 9.17) is 0 Å². The topological polar surface area (TPSA) is 42.0 Å². The summed E-state index contributed by atoms with van der Waals surface area (Å²) < 4.78 is 63.0. The van der Waals surface area contributed by atoms with Crippen LogP contribution in [0.4, 0.5) is 27.6 Å². The van der Waals surface area contributed by atoms with Gasteiger partial charge in [-0.25, -0.2) is 13.8 Å². The van der Waals surface area contributed by atoms with Crippen LogP contribution in [-0.2, 0) is 11.0 Å². The lowest BCUT2D eigenvalue weighted by Crippen LogP contribution is -2.14. The molecule has 3 nitrogen and oxygen atoms in total. The van der Waals surface area contributed by atoms with Gasteiger partial charge in [0, 0.05) is 18.0 Å². The normalized spacial score (nSPS) is 11.3. The van der Waals surface area contributed by atoms with E-state index in [-0.39, 0.29) is 16.5 Å². The number of anilines is 1. The van der Waals surface area contributed by atoms with Crippen molar-refractivity contribution in [3.8, 4) is 0 Å². The second-order valence-corrected chi connectivity index (χ2v) is 5.37. The minimum absolute atomic E-state index is 0.0477. The summed E-state index contributed by atoms with van der Waals surface area (Å²) >= 11 is 0.898. The largest absolute Gasteiger partial charge is 0.417 e. The maximum absolute atomic E-state index is 13.0. The van der Waals surface area contributed by atoms with Crippen molar-refractivity contribution in [1.82, 2.24) is 4.98 Å². The number of aromatic nitrogens is 1. The zero-order valence-electron chi connectivity index (χ0n) is 11.3. The van der Waals surface area contributed by atoms with Crippen LogP contribution in [0.25, 0.3) is 0 Å². The highest BCUT2D eigenvalue weighted by Gasteiger charge is 2.30. The van der Waals surface area contributed by atoms with Gasteiger partial charge in [-0.2, -0.15) is 13.2 Å². The van der Waals surface area contributed by atoms with Gasteiger partial charge in [-0.1, -0.05) is 11.8 Å². The maximum atomic E-state index is 13.0. The Morgan fingerprint density at radius 3 is 2.30 bits per heavy atom. The van der Waals surface area contributed by atoms with Gasteiger partial charge < -0.3 is 5.32 Å². The van der Waals surface area contributed by atoms with Crippen LogP contribution in [0, 0.1) is 11.6 Å². The standard InChI is InChI=1S/C14H9F5N2OS/c15-9-3-10(16)5-11(4-9)21-12(22)7-23-13-2-1-8(6-20-13)14(17,18)19/h1-6H,7H2,(H,21,22). The Labute approximate surface area is 131 Å². The molecule has 1 amide bonds. The zero-order valence-corrected chi connectivity index (χ0v) is 12.1.